The highest BCUT2D eigenvalue weighted by atomic mass is 16.5. The average molecular weight is 215 g/mol. The number of amides is 1. The number of carbonyl (C=O) groups is 1. The predicted octanol–water partition coefficient (Wildman–Crippen LogP) is 1.88. The molecule has 3 nitrogen and oxygen atoms in total. The van der Waals surface area contributed by atoms with Crippen LogP contribution in [-0.2, 0) is 16.0 Å². The minimum Gasteiger partial charge on any atom is -0.500 e. The molecule has 0 spiro atoms. The van der Waals surface area contributed by atoms with Gasteiger partial charge >= 0.3 is 0 Å². The average Bonchev–Trinajstić information content (AvgIpc) is 2.98. The number of anilines is 1. The first kappa shape index (κ1) is 9.46. The molecule has 2 aliphatic heterocycles. The quantitative estimate of drug-likeness (QED) is 0.715. The maximum Gasteiger partial charge on any atom is 0.257 e. The van der Waals surface area contributed by atoms with Crippen LogP contribution in [-0.4, -0.2) is 19.1 Å². The van der Waals surface area contributed by atoms with Gasteiger partial charge in [-0.05, 0) is 18.1 Å². The van der Waals surface area contributed by atoms with E-state index in [1.54, 1.807) is 6.26 Å². The molecule has 0 saturated heterocycles. The first-order valence-electron chi connectivity index (χ1n) is 5.57. The Balaban J connectivity index is 1.90. The van der Waals surface area contributed by atoms with Gasteiger partial charge in [-0.15, -0.1) is 0 Å². The van der Waals surface area contributed by atoms with Gasteiger partial charge < -0.3 is 9.64 Å². The number of hydrogen-bond donors (Lipinski definition) is 0. The van der Waals surface area contributed by atoms with E-state index in [4.69, 9.17) is 4.74 Å². The SMILES string of the molecule is O=C(C1=COCC1)N1CCc2ccccc21. The number of carbonyl (C=O) groups excluding carboxylic acids is 1. The summed E-state index contributed by atoms with van der Waals surface area (Å²) < 4.78 is 5.12. The molecular formula is C13H13NO2. The Labute approximate surface area is 94.3 Å². The van der Waals surface area contributed by atoms with E-state index in [0.717, 1.165) is 30.6 Å². The molecule has 2 aliphatic rings. The number of ether oxygens (including phenoxy) is 1. The number of hydrogen-bond acceptors (Lipinski definition) is 2. The summed E-state index contributed by atoms with van der Waals surface area (Å²) in [5.74, 6) is 0.0995. The smallest absolute Gasteiger partial charge is 0.257 e. The van der Waals surface area contributed by atoms with Crippen molar-refractivity contribution in [1.29, 1.82) is 0 Å². The molecule has 16 heavy (non-hydrogen) atoms. The van der Waals surface area contributed by atoms with E-state index in [1.807, 2.05) is 23.1 Å². The largest absolute Gasteiger partial charge is 0.500 e. The number of rotatable bonds is 1. The van der Waals surface area contributed by atoms with Gasteiger partial charge in [-0.3, -0.25) is 4.79 Å². The molecule has 0 aromatic heterocycles. The monoisotopic (exact) mass is 215 g/mol. The maximum atomic E-state index is 12.2. The highest BCUT2D eigenvalue weighted by Gasteiger charge is 2.27. The summed E-state index contributed by atoms with van der Waals surface area (Å²) in [5, 5.41) is 0. The van der Waals surface area contributed by atoms with Gasteiger partial charge in [0.15, 0.2) is 0 Å². The zero-order chi connectivity index (χ0) is 11.0. The topological polar surface area (TPSA) is 29.5 Å². The Morgan fingerprint density at radius 2 is 2.12 bits per heavy atom. The van der Waals surface area contributed by atoms with Crippen molar-refractivity contribution in [3.63, 3.8) is 0 Å². The Morgan fingerprint density at radius 3 is 2.94 bits per heavy atom. The van der Waals surface area contributed by atoms with E-state index in [1.165, 1.54) is 5.56 Å². The lowest BCUT2D eigenvalue weighted by atomic mass is 10.1. The second kappa shape index (κ2) is 3.67. The third kappa shape index (κ3) is 1.40. The Kier molecular flexibility index (Phi) is 2.17. The molecule has 82 valence electrons. The summed E-state index contributed by atoms with van der Waals surface area (Å²) in [7, 11) is 0. The lowest BCUT2D eigenvalue weighted by Crippen LogP contribution is -2.29. The number of fused-ring (bicyclic) bond motifs is 1. The predicted molar refractivity (Wildman–Crippen MR) is 61.2 cm³/mol. The normalized spacial score (nSPS) is 18.0. The fourth-order valence-corrected chi connectivity index (χ4v) is 2.27. The van der Waals surface area contributed by atoms with Gasteiger partial charge in [-0.25, -0.2) is 0 Å². The first-order chi connectivity index (χ1) is 7.86. The minimum atomic E-state index is 0.0995. The van der Waals surface area contributed by atoms with Gasteiger partial charge in [0.2, 0.25) is 0 Å². The molecule has 3 heteroatoms. The van der Waals surface area contributed by atoms with Gasteiger partial charge in [-0.2, -0.15) is 0 Å². The van der Waals surface area contributed by atoms with Crippen LogP contribution in [0.1, 0.15) is 12.0 Å². The lowest BCUT2D eigenvalue weighted by molar-refractivity contribution is -0.115. The van der Waals surface area contributed by atoms with Crippen molar-refractivity contribution >= 4 is 11.6 Å². The van der Waals surface area contributed by atoms with Gasteiger partial charge in [0.25, 0.3) is 5.91 Å². The molecule has 0 saturated carbocycles. The molecule has 2 heterocycles. The van der Waals surface area contributed by atoms with Gasteiger partial charge in [0, 0.05) is 18.7 Å². The molecule has 0 atom stereocenters. The molecule has 0 radical (unpaired) electrons. The third-order valence-electron chi connectivity index (χ3n) is 3.12. The second-order valence-electron chi connectivity index (χ2n) is 4.10. The second-order valence-corrected chi connectivity index (χ2v) is 4.10. The molecule has 0 aliphatic carbocycles. The van der Waals surface area contributed by atoms with Crippen LogP contribution >= 0.6 is 0 Å². The third-order valence-corrected chi connectivity index (χ3v) is 3.12. The fraction of sp³-hybridized carbons (Fsp3) is 0.308. The highest BCUT2D eigenvalue weighted by Crippen LogP contribution is 2.29. The number of nitrogens with zero attached hydrogens (tertiary/aromatic N) is 1. The van der Waals surface area contributed by atoms with Crippen LogP contribution in [0.25, 0.3) is 0 Å². The van der Waals surface area contributed by atoms with Crippen molar-refractivity contribution in [2.45, 2.75) is 12.8 Å². The Bertz CT molecular complexity index is 465. The zero-order valence-electron chi connectivity index (χ0n) is 8.98. The summed E-state index contributed by atoms with van der Waals surface area (Å²) in [6.45, 7) is 1.42. The van der Waals surface area contributed by atoms with Gasteiger partial charge in [-0.1, -0.05) is 18.2 Å². The van der Waals surface area contributed by atoms with Crippen LogP contribution in [0, 0.1) is 0 Å². The maximum absolute atomic E-state index is 12.2. The molecule has 0 fully saturated rings. The van der Waals surface area contributed by atoms with Crippen LogP contribution in [0.5, 0.6) is 0 Å². The Morgan fingerprint density at radius 1 is 1.25 bits per heavy atom. The Hall–Kier alpha value is -1.77. The van der Waals surface area contributed by atoms with E-state index in [2.05, 4.69) is 6.07 Å². The molecule has 3 rings (SSSR count). The summed E-state index contributed by atoms with van der Waals surface area (Å²) in [5.41, 5.74) is 3.10. The highest BCUT2D eigenvalue weighted by molar-refractivity contribution is 6.06. The zero-order valence-corrected chi connectivity index (χ0v) is 8.98. The van der Waals surface area contributed by atoms with Gasteiger partial charge in [0.1, 0.15) is 0 Å². The summed E-state index contributed by atoms with van der Waals surface area (Å²) in [4.78, 5) is 14.0. The summed E-state index contributed by atoms with van der Waals surface area (Å²) in [6.07, 6.45) is 3.29. The molecule has 0 bridgehead atoms. The summed E-state index contributed by atoms with van der Waals surface area (Å²) in [6, 6.07) is 8.09. The van der Waals surface area contributed by atoms with Gasteiger partial charge in [0.05, 0.1) is 18.4 Å². The van der Waals surface area contributed by atoms with E-state index in [0.29, 0.717) is 6.61 Å². The number of benzene rings is 1. The van der Waals surface area contributed by atoms with Crippen LogP contribution in [0.15, 0.2) is 36.1 Å². The molecular weight excluding hydrogens is 202 g/mol. The van der Waals surface area contributed by atoms with Crippen molar-refractivity contribution in [3.05, 3.63) is 41.7 Å². The lowest BCUT2D eigenvalue weighted by Gasteiger charge is -2.17. The molecule has 1 amide bonds. The van der Waals surface area contributed by atoms with Crippen molar-refractivity contribution in [3.8, 4) is 0 Å². The van der Waals surface area contributed by atoms with Crippen LogP contribution in [0.2, 0.25) is 0 Å². The van der Waals surface area contributed by atoms with Crippen molar-refractivity contribution in [2.75, 3.05) is 18.1 Å². The van der Waals surface area contributed by atoms with E-state index in [-0.39, 0.29) is 5.91 Å². The fourth-order valence-electron chi connectivity index (χ4n) is 2.27. The van der Waals surface area contributed by atoms with E-state index >= 15 is 0 Å². The van der Waals surface area contributed by atoms with Crippen LogP contribution in [0.4, 0.5) is 5.69 Å². The van der Waals surface area contributed by atoms with Crippen LogP contribution in [0.3, 0.4) is 0 Å². The molecule has 0 unspecified atom stereocenters. The van der Waals surface area contributed by atoms with Crippen molar-refractivity contribution in [2.24, 2.45) is 0 Å². The molecule has 0 N–H and O–H groups in total. The first-order valence-corrected chi connectivity index (χ1v) is 5.57. The standard InChI is InChI=1S/C13H13NO2/c15-13(11-6-8-16-9-11)14-7-5-10-3-1-2-4-12(10)14/h1-4,9H,5-8H2. The molecule has 1 aromatic carbocycles. The van der Waals surface area contributed by atoms with E-state index in [9.17, 15) is 4.79 Å². The minimum absolute atomic E-state index is 0.0995. The van der Waals surface area contributed by atoms with Crippen molar-refractivity contribution < 1.29 is 9.53 Å². The molecule has 1 aromatic rings. The van der Waals surface area contributed by atoms with Crippen molar-refractivity contribution in [1.82, 2.24) is 0 Å². The number of para-hydroxylation sites is 1. The van der Waals surface area contributed by atoms with E-state index < -0.39 is 0 Å². The van der Waals surface area contributed by atoms with Crippen LogP contribution < -0.4 is 4.90 Å². The summed E-state index contributed by atoms with van der Waals surface area (Å²) >= 11 is 0.